The lowest BCUT2D eigenvalue weighted by molar-refractivity contribution is -0.384. The summed E-state index contributed by atoms with van der Waals surface area (Å²) >= 11 is 6.19. The van der Waals surface area contributed by atoms with Gasteiger partial charge in [-0.3, -0.25) is 29.3 Å². The minimum Gasteiger partial charge on any atom is -0.273 e. The van der Waals surface area contributed by atoms with Crippen LogP contribution in [0.3, 0.4) is 0 Å². The molecule has 0 aliphatic carbocycles. The van der Waals surface area contributed by atoms with Crippen LogP contribution in [0.1, 0.15) is 29.3 Å². The Balaban J connectivity index is 1.52. The number of carbonyl (C=O) groups excluding carboxylic acids is 4. The maximum Gasteiger partial charge on any atom is 0.282 e. The molecule has 3 aromatic rings. The van der Waals surface area contributed by atoms with Crippen LogP contribution in [-0.4, -0.2) is 45.3 Å². The van der Waals surface area contributed by atoms with Crippen LogP contribution in [-0.2, 0) is 14.4 Å². The number of aryl methyl sites for hydroxylation is 1. The number of imide groups is 2. The SMILES string of the molecule is CC1=NN(C(=O)CC(=O)N(C(=O)c2ccccc2Cl)c2ccc(C)cc2)C(=O)[C@H]1N=Nc1ccc([N+](=O)[O-])cc1. The lowest BCUT2D eigenvalue weighted by Gasteiger charge is -2.22. The smallest absolute Gasteiger partial charge is 0.273 e. The molecule has 1 aliphatic rings. The van der Waals surface area contributed by atoms with E-state index in [-0.39, 0.29) is 33.4 Å². The van der Waals surface area contributed by atoms with Crippen molar-refractivity contribution < 1.29 is 24.1 Å². The van der Waals surface area contributed by atoms with E-state index in [0.717, 1.165) is 10.5 Å². The first kappa shape index (κ1) is 27.9. The number of hydrogen-bond donors (Lipinski definition) is 0. The first-order valence-corrected chi connectivity index (χ1v) is 12.2. The molecule has 4 amide bonds. The van der Waals surface area contributed by atoms with Crippen molar-refractivity contribution >= 4 is 58.0 Å². The van der Waals surface area contributed by atoms with Gasteiger partial charge in [0.1, 0.15) is 6.42 Å². The highest BCUT2D eigenvalue weighted by Gasteiger charge is 2.39. The summed E-state index contributed by atoms with van der Waals surface area (Å²) < 4.78 is 0. The predicted molar refractivity (Wildman–Crippen MR) is 145 cm³/mol. The Bertz CT molecular complexity index is 1570. The van der Waals surface area contributed by atoms with Crippen molar-refractivity contribution in [1.29, 1.82) is 0 Å². The Morgan fingerprint density at radius 1 is 1.02 bits per heavy atom. The molecule has 0 fully saturated rings. The summed E-state index contributed by atoms with van der Waals surface area (Å²) in [5, 5.41) is 23.2. The molecule has 0 saturated heterocycles. The van der Waals surface area contributed by atoms with E-state index in [1.807, 2.05) is 6.92 Å². The Hall–Kier alpha value is -5.10. The topological polar surface area (TPSA) is 155 Å². The highest BCUT2D eigenvalue weighted by Crippen LogP contribution is 2.25. The molecule has 202 valence electrons. The average Bonchev–Trinajstić information content (AvgIpc) is 3.22. The van der Waals surface area contributed by atoms with Gasteiger partial charge < -0.3 is 0 Å². The molecule has 0 radical (unpaired) electrons. The second kappa shape index (κ2) is 11.7. The molecule has 1 atom stereocenters. The summed E-state index contributed by atoms with van der Waals surface area (Å²) in [5.74, 6) is -3.43. The number of hydrazone groups is 1. The number of non-ortho nitro benzene ring substituents is 1. The molecule has 4 rings (SSSR count). The summed E-state index contributed by atoms with van der Waals surface area (Å²) in [7, 11) is 0. The second-order valence-corrected chi connectivity index (χ2v) is 9.11. The molecule has 0 bridgehead atoms. The predicted octanol–water partition coefficient (Wildman–Crippen LogP) is 5.02. The van der Waals surface area contributed by atoms with Gasteiger partial charge in [0.2, 0.25) is 5.91 Å². The van der Waals surface area contributed by atoms with Gasteiger partial charge in [0, 0.05) is 12.1 Å². The van der Waals surface area contributed by atoms with Crippen molar-refractivity contribution in [3.8, 4) is 0 Å². The molecule has 1 aliphatic heterocycles. The summed E-state index contributed by atoms with van der Waals surface area (Å²) in [5.41, 5.74) is 1.43. The van der Waals surface area contributed by atoms with Crippen LogP contribution in [0.15, 0.2) is 88.1 Å². The van der Waals surface area contributed by atoms with Crippen LogP contribution in [0.5, 0.6) is 0 Å². The van der Waals surface area contributed by atoms with Crippen molar-refractivity contribution in [2.24, 2.45) is 15.3 Å². The number of anilines is 1. The number of halogens is 1. The molecule has 12 nitrogen and oxygen atoms in total. The number of nitro benzene ring substituents is 1. The minimum absolute atomic E-state index is 0.0587. The van der Waals surface area contributed by atoms with E-state index < -0.39 is 41.0 Å². The number of carbonyl (C=O) groups is 4. The number of rotatable bonds is 7. The number of hydrogen-bond acceptors (Lipinski definition) is 9. The van der Waals surface area contributed by atoms with Gasteiger partial charge in [0.15, 0.2) is 6.04 Å². The molecule has 40 heavy (non-hydrogen) atoms. The third kappa shape index (κ3) is 5.97. The van der Waals surface area contributed by atoms with Crippen LogP contribution >= 0.6 is 11.6 Å². The van der Waals surface area contributed by atoms with Crippen LogP contribution in [0.2, 0.25) is 5.02 Å². The lowest BCUT2D eigenvalue weighted by Crippen LogP contribution is -2.42. The zero-order valence-corrected chi connectivity index (χ0v) is 22.0. The molecule has 0 unspecified atom stereocenters. The fourth-order valence-electron chi connectivity index (χ4n) is 3.74. The van der Waals surface area contributed by atoms with Gasteiger partial charge in [-0.2, -0.15) is 20.3 Å². The zero-order valence-electron chi connectivity index (χ0n) is 21.2. The summed E-state index contributed by atoms with van der Waals surface area (Å²) in [4.78, 5) is 63.7. The van der Waals surface area contributed by atoms with E-state index >= 15 is 0 Å². The van der Waals surface area contributed by atoms with Gasteiger partial charge in [-0.1, -0.05) is 41.4 Å². The average molecular weight is 561 g/mol. The van der Waals surface area contributed by atoms with Gasteiger partial charge in [-0.15, -0.1) is 0 Å². The highest BCUT2D eigenvalue weighted by molar-refractivity contribution is 6.36. The van der Waals surface area contributed by atoms with E-state index in [2.05, 4.69) is 15.3 Å². The summed E-state index contributed by atoms with van der Waals surface area (Å²) in [6, 6.07) is 16.7. The number of nitro groups is 1. The van der Waals surface area contributed by atoms with E-state index in [0.29, 0.717) is 5.01 Å². The summed E-state index contributed by atoms with van der Waals surface area (Å²) in [6.45, 7) is 3.30. The Morgan fingerprint density at radius 3 is 2.30 bits per heavy atom. The van der Waals surface area contributed by atoms with Crippen LogP contribution < -0.4 is 4.90 Å². The lowest BCUT2D eigenvalue weighted by atomic mass is 10.1. The van der Waals surface area contributed by atoms with Crippen LogP contribution in [0.25, 0.3) is 0 Å². The van der Waals surface area contributed by atoms with E-state index in [1.54, 1.807) is 36.4 Å². The molecule has 3 aromatic carbocycles. The normalized spacial score (nSPS) is 14.8. The Morgan fingerprint density at radius 2 is 1.68 bits per heavy atom. The molecule has 0 aromatic heterocycles. The van der Waals surface area contributed by atoms with Crippen molar-refractivity contribution in [3.63, 3.8) is 0 Å². The third-order valence-corrected chi connectivity index (χ3v) is 6.16. The number of benzene rings is 3. The van der Waals surface area contributed by atoms with Gasteiger partial charge >= 0.3 is 0 Å². The third-order valence-electron chi connectivity index (χ3n) is 5.83. The highest BCUT2D eigenvalue weighted by atomic mass is 35.5. The molecule has 13 heteroatoms. The maximum absolute atomic E-state index is 13.4. The van der Waals surface area contributed by atoms with Gasteiger partial charge in [0.25, 0.3) is 23.4 Å². The molecular formula is C27H21ClN6O6. The number of amides is 4. The second-order valence-electron chi connectivity index (χ2n) is 8.70. The standard InChI is InChI=1S/C27H21ClN6O6/c1-16-7-11-19(12-8-16)32(26(37)21-5-3-4-6-22(21)28)23(35)15-24(36)33-27(38)25(17(2)31-33)30-29-18-9-13-20(14-10-18)34(39)40/h3-14,25H,15H2,1-2H3/t25-/m0/s1. The largest absolute Gasteiger partial charge is 0.282 e. The molecule has 0 N–H and O–H groups in total. The van der Waals surface area contributed by atoms with Gasteiger partial charge in [-0.05, 0) is 50.2 Å². The first-order valence-electron chi connectivity index (χ1n) is 11.8. The van der Waals surface area contributed by atoms with Crippen molar-refractivity contribution in [1.82, 2.24) is 5.01 Å². The Kier molecular flexibility index (Phi) is 8.20. The first-order chi connectivity index (χ1) is 19.1. The van der Waals surface area contributed by atoms with E-state index in [9.17, 15) is 29.3 Å². The number of nitrogens with zero attached hydrogens (tertiary/aromatic N) is 6. The molecular weight excluding hydrogens is 540 g/mol. The molecule has 0 saturated carbocycles. The summed E-state index contributed by atoms with van der Waals surface area (Å²) in [6.07, 6.45) is -0.848. The van der Waals surface area contributed by atoms with Crippen molar-refractivity contribution in [3.05, 3.63) is 99.1 Å². The van der Waals surface area contributed by atoms with Crippen molar-refractivity contribution in [2.45, 2.75) is 26.3 Å². The zero-order chi connectivity index (χ0) is 29.0. The monoisotopic (exact) mass is 560 g/mol. The van der Waals surface area contributed by atoms with Crippen molar-refractivity contribution in [2.75, 3.05) is 4.90 Å². The van der Waals surface area contributed by atoms with E-state index in [1.165, 1.54) is 43.3 Å². The number of azo groups is 1. The quantitative estimate of drug-likeness (QED) is 0.171. The maximum atomic E-state index is 13.4. The fraction of sp³-hybridized carbons (Fsp3) is 0.148. The minimum atomic E-state index is -1.23. The molecule has 1 heterocycles. The van der Waals surface area contributed by atoms with Crippen LogP contribution in [0, 0.1) is 17.0 Å². The van der Waals surface area contributed by atoms with Crippen LogP contribution in [0.4, 0.5) is 17.1 Å². The van der Waals surface area contributed by atoms with E-state index in [4.69, 9.17) is 11.6 Å². The Labute approximate surface area is 232 Å². The molecule has 0 spiro atoms. The van der Waals surface area contributed by atoms with Gasteiger partial charge in [-0.25, -0.2) is 4.90 Å². The van der Waals surface area contributed by atoms with Gasteiger partial charge in [0.05, 0.1) is 32.6 Å². The fourth-order valence-corrected chi connectivity index (χ4v) is 3.96.